The molecule has 0 amide bonds. The maximum absolute atomic E-state index is 4.72. The SMILES string of the molecule is CCNC(=NCCc1nc2ccccc2[nH]1)NC(C)Cc1c(C)nn(C)c1C. The molecule has 3 aromatic rings. The summed E-state index contributed by atoms with van der Waals surface area (Å²) in [5.41, 5.74) is 5.70. The summed E-state index contributed by atoms with van der Waals surface area (Å²) in [4.78, 5) is 12.7. The van der Waals surface area contributed by atoms with E-state index in [1.807, 2.05) is 36.0 Å². The van der Waals surface area contributed by atoms with Crippen molar-refractivity contribution in [2.75, 3.05) is 13.1 Å². The molecule has 0 radical (unpaired) electrons. The Balaban J connectivity index is 1.60. The molecule has 0 fully saturated rings. The fourth-order valence-corrected chi connectivity index (χ4v) is 3.42. The largest absolute Gasteiger partial charge is 0.357 e. The van der Waals surface area contributed by atoms with Gasteiger partial charge >= 0.3 is 0 Å². The summed E-state index contributed by atoms with van der Waals surface area (Å²) in [7, 11) is 1.99. The molecule has 0 bridgehead atoms. The second-order valence-corrected chi connectivity index (χ2v) is 7.23. The van der Waals surface area contributed by atoms with Gasteiger partial charge in [0, 0.05) is 38.3 Å². The van der Waals surface area contributed by atoms with Gasteiger partial charge < -0.3 is 15.6 Å². The molecule has 1 aromatic carbocycles. The zero-order valence-electron chi connectivity index (χ0n) is 17.5. The third kappa shape index (κ3) is 4.71. The minimum Gasteiger partial charge on any atom is -0.357 e. The molecule has 2 heterocycles. The predicted octanol–water partition coefficient (Wildman–Crippen LogP) is 2.64. The van der Waals surface area contributed by atoms with E-state index in [2.05, 4.69) is 53.4 Å². The first-order valence-corrected chi connectivity index (χ1v) is 9.95. The van der Waals surface area contributed by atoms with Crippen LogP contribution in [0.25, 0.3) is 11.0 Å². The van der Waals surface area contributed by atoms with Crippen molar-refractivity contribution in [2.45, 2.75) is 46.6 Å². The van der Waals surface area contributed by atoms with Crippen LogP contribution in [0.2, 0.25) is 0 Å². The molecule has 1 atom stereocenters. The molecular weight excluding hydrogens is 350 g/mol. The van der Waals surface area contributed by atoms with Gasteiger partial charge in [0.05, 0.1) is 16.7 Å². The molecule has 0 aliphatic rings. The number of H-pyrrole nitrogens is 1. The Morgan fingerprint density at radius 3 is 2.75 bits per heavy atom. The molecule has 2 aromatic heterocycles. The van der Waals surface area contributed by atoms with E-state index in [1.54, 1.807) is 0 Å². The van der Waals surface area contributed by atoms with Gasteiger partial charge in [-0.15, -0.1) is 0 Å². The maximum Gasteiger partial charge on any atom is 0.191 e. The molecule has 0 saturated carbocycles. The normalized spacial score (nSPS) is 13.1. The highest BCUT2D eigenvalue weighted by Crippen LogP contribution is 2.14. The molecule has 7 nitrogen and oxygen atoms in total. The van der Waals surface area contributed by atoms with Gasteiger partial charge in [0.25, 0.3) is 0 Å². The number of benzene rings is 1. The van der Waals surface area contributed by atoms with Gasteiger partial charge in [-0.05, 0) is 51.8 Å². The zero-order valence-corrected chi connectivity index (χ0v) is 17.5. The number of nitrogens with one attached hydrogen (secondary N) is 3. The van der Waals surface area contributed by atoms with Gasteiger partial charge in [-0.1, -0.05) is 12.1 Å². The van der Waals surface area contributed by atoms with Crippen LogP contribution in [-0.4, -0.2) is 44.8 Å². The topological polar surface area (TPSA) is 82.9 Å². The number of rotatable bonds is 7. The number of hydrogen-bond donors (Lipinski definition) is 3. The molecule has 150 valence electrons. The lowest BCUT2D eigenvalue weighted by atomic mass is 10.1. The van der Waals surface area contributed by atoms with E-state index in [0.29, 0.717) is 6.54 Å². The molecular formula is C21H31N7. The van der Waals surface area contributed by atoms with Crippen LogP contribution in [0.15, 0.2) is 29.3 Å². The van der Waals surface area contributed by atoms with E-state index in [0.717, 1.165) is 47.9 Å². The number of aryl methyl sites for hydroxylation is 2. The summed E-state index contributed by atoms with van der Waals surface area (Å²) in [6, 6.07) is 8.35. The number of aromatic amines is 1. The molecule has 0 saturated heterocycles. The standard InChI is InChI=1S/C21H31N7/c1-6-22-21(24-14(2)13-17-15(3)27-28(5)16(17)4)23-12-11-20-25-18-9-7-8-10-19(18)26-20/h7-10,14H,6,11-13H2,1-5H3,(H,25,26)(H2,22,23,24). The van der Waals surface area contributed by atoms with Crippen molar-refractivity contribution < 1.29 is 0 Å². The van der Waals surface area contributed by atoms with Crippen LogP contribution in [0.3, 0.4) is 0 Å². The van der Waals surface area contributed by atoms with Crippen LogP contribution in [0.4, 0.5) is 0 Å². The monoisotopic (exact) mass is 381 g/mol. The lowest BCUT2D eigenvalue weighted by Gasteiger charge is -2.18. The Morgan fingerprint density at radius 2 is 2.07 bits per heavy atom. The molecule has 3 N–H and O–H groups in total. The molecule has 1 unspecified atom stereocenters. The third-order valence-electron chi connectivity index (χ3n) is 4.95. The lowest BCUT2D eigenvalue weighted by Crippen LogP contribution is -2.43. The number of fused-ring (bicyclic) bond motifs is 1. The number of para-hydroxylation sites is 2. The fourth-order valence-electron chi connectivity index (χ4n) is 3.42. The third-order valence-corrected chi connectivity index (χ3v) is 4.95. The zero-order chi connectivity index (χ0) is 20.1. The van der Waals surface area contributed by atoms with Gasteiger partial charge in [-0.25, -0.2) is 4.98 Å². The van der Waals surface area contributed by atoms with Crippen LogP contribution in [-0.2, 0) is 19.9 Å². The summed E-state index contributed by atoms with van der Waals surface area (Å²) in [5.74, 6) is 1.81. The van der Waals surface area contributed by atoms with E-state index < -0.39 is 0 Å². The summed E-state index contributed by atoms with van der Waals surface area (Å²) in [6.07, 6.45) is 1.69. The van der Waals surface area contributed by atoms with E-state index in [9.17, 15) is 0 Å². The minimum atomic E-state index is 0.255. The Labute approximate surface area is 166 Å². The van der Waals surface area contributed by atoms with Crippen LogP contribution in [0.1, 0.15) is 36.6 Å². The van der Waals surface area contributed by atoms with Gasteiger partial charge in [0.1, 0.15) is 5.82 Å². The Morgan fingerprint density at radius 1 is 1.29 bits per heavy atom. The van der Waals surface area contributed by atoms with E-state index in [1.165, 1.54) is 11.3 Å². The average molecular weight is 382 g/mol. The van der Waals surface area contributed by atoms with Gasteiger partial charge in [-0.3, -0.25) is 9.67 Å². The van der Waals surface area contributed by atoms with Crippen molar-refractivity contribution in [3.8, 4) is 0 Å². The first kappa shape index (κ1) is 19.9. The highest BCUT2D eigenvalue weighted by Gasteiger charge is 2.14. The van der Waals surface area contributed by atoms with Crippen molar-refractivity contribution in [3.63, 3.8) is 0 Å². The van der Waals surface area contributed by atoms with E-state index in [4.69, 9.17) is 4.99 Å². The van der Waals surface area contributed by atoms with E-state index >= 15 is 0 Å². The van der Waals surface area contributed by atoms with Crippen LogP contribution >= 0.6 is 0 Å². The Hall–Kier alpha value is -2.83. The molecule has 0 aliphatic carbocycles. The summed E-state index contributed by atoms with van der Waals surface area (Å²) < 4.78 is 1.95. The molecule has 0 spiro atoms. The smallest absolute Gasteiger partial charge is 0.191 e. The first-order chi connectivity index (χ1) is 13.5. The van der Waals surface area contributed by atoms with E-state index in [-0.39, 0.29) is 6.04 Å². The molecule has 3 rings (SSSR count). The Bertz CT molecular complexity index is 918. The molecule has 0 aliphatic heterocycles. The van der Waals surface area contributed by atoms with Gasteiger partial charge in [0.2, 0.25) is 0 Å². The molecule has 7 heteroatoms. The first-order valence-electron chi connectivity index (χ1n) is 9.95. The number of nitrogens with zero attached hydrogens (tertiary/aromatic N) is 4. The number of aromatic nitrogens is 4. The summed E-state index contributed by atoms with van der Waals surface area (Å²) in [5, 5.41) is 11.4. The van der Waals surface area contributed by atoms with Crippen molar-refractivity contribution in [1.82, 2.24) is 30.4 Å². The highest BCUT2D eigenvalue weighted by atomic mass is 15.3. The number of imidazole rings is 1. The number of aliphatic imine (C=N–C) groups is 1. The van der Waals surface area contributed by atoms with Crippen LogP contribution in [0, 0.1) is 13.8 Å². The van der Waals surface area contributed by atoms with Gasteiger partial charge in [-0.2, -0.15) is 5.10 Å². The minimum absolute atomic E-state index is 0.255. The number of hydrogen-bond acceptors (Lipinski definition) is 3. The average Bonchev–Trinajstić information content (AvgIpc) is 3.17. The summed E-state index contributed by atoms with van der Waals surface area (Å²) in [6.45, 7) is 9.95. The maximum atomic E-state index is 4.72. The van der Waals surface area contributed by atoms with Gasteiger partial charge in [0.15, 0.2) is 5.96 Å². The number of guanidine groups is 1. The van der Waals surface area contributed by atoms with Crippen molar-refractivity contribution in [3.05, 3.63) is 47.0 Å². The second-order valence-electron chi connectivity index (χ2n) is 7.23. The fraction of sp³-hybridized carbons (Fsp3) is 0.476. The van der Waals surface area contributed by atoms with Crippen molar-refractivity contribution in [2.24, 2.45) is 12.0 Å². The lowest BCUT2D eigenvalue weighted by molar-refractivity contribution is 0.635. The predicted molar refractivity (Wildman–Crippen MR) is 115 cm³/mol. The van der Waals surface area contributed by atoms with Crippen LogP contribution < -0.4 is 10.6 Å². The quantitative estimate of drug-likeness (QED) is 0.434. The summed E-state index contributed by atoms with van der Waals surface area (Å²) >= 11 is 0. The highest BCUT2D eigenvalue weighted by molar-refractivity contribution is 5.80. The Kier molecular flexibility index (Phi) is 6.34. The molecule has 28 heavy (non-hydrogen) atoms. The van der Waals surface area contributed by atoms with Crippen molar-refractivity contribution in [1.29, 1.82) is 0 Å². The van der Waals surface area contributed by atoms with Crippen LogP contribution in [0.5, 0.6) is 0 Å². The second kappa shape index (κ2) is 8.91. The van der Waals surface area contributed by atoms with Crippen molar-refractivity contribution >= 4 is 17.0 Å².